The van der Waals surface area contributed by atoms with E-state index in [-0.39, 0.29) is 6.04 Å². The zero-order valence-corrected chi connectivity index (χ0v) is 13.4. The van der Waals surface area contributed by atoms with Crippen LogP contribution in [0.1, 0.15) is 43.4 Å². The van der Waals surface area contributed by atoms with Crippen molar-refractivity contribution in [3.8, 4) is 16.9 Å². The van der Waals surface area contributed by atoms with Gasteiger partial charge in [-0.05, 0) is 28.7 Å². The fourth-order valence-electron chi connectivity index (χ4n) is 2.95. The summed E-state index contributed by atoms with van der Waals surface area (Å²) < 4.78 is 5.74. The molecule has 0 spiro atoms. The van der Waals surface area contributed by atoms with Crippen LogP contribution in [0.25, 0.3) is 11.1 Å². The average Bonchev–Trinajstić information content (AvgIpc) is 2.54. The van der Waals surface area contributed by atoms with Gasteiger partial charge in [-0.3, -0.25) is 0 Å². The van der Waals surface area contributed by atoms with Crippen molar-refractivity contribution in [2.75, 3.05) is 6.61 Å². The zero-order chi connectivity index (χ0) is 16.4. The van der Waals surface area contributed by atoms with Gasteiger partial charge in [-0.25, -0.2) is 4.79 Å². The second-order valence-corrected chi connectivity index (χ2v) is 6.17. The molecule has 2 aromatic rings. The van der Waals surface area contributed by atoms with E-state index in [1.54, 1.807) is 0 Å². The quantitative estimate of drug-likeness (QED) is 0.873. The number of ether oxygens (including phenoxy) is 1. The van der Waals surface area contributed by atoms with Gasteiger partial charge in [0.15, 0.2) is 0 Å². The Morgan fingerprint density at radius 2 is 2.00 bits per heavy atom. The Kier molecular flexibility index (Phi) is 4.24. The van der Waals surface area contributed by atoms with E-state index in [0.717, 1.165) is 22.4 Å². The molecule has 23 heavy (non-hydrogen) atoms. The van der Waals surface area contributed by atoms with Gasteiger partial charge in [0.1, 0.15) is 5.75 Å². The minimum atomic E-state index is -1.00. The molecule has 0 fully saturated rings. The topological polar surface area (TPSA) is 58.6 Å². The summed E-state index contributed by atoms with van der Waals surface area (Å²) >= 11 is 0. The molecule has 0 radical (unpaired) electrons. The summed E-state index contributed by atoms with van der Waals surface area (Å²) in [6, 6.07) is 14.3. The highest BCUT2D eigenvalue weighted by Crippen LogP contribution is 2.36. The number of nitrogens with one attached hydrogen (secondary N) is 1. The van der Waals surface area contributed by atoms with Gasteiger partial charge in [0, 0.05) is 12.0 Å². The second kappa shape index (κ2) is 6.32. The molecule has 1 aliphatic heterocycles. The second-order valence-electron chi connectivity index (χ2n) is 6.17. The molecule has 1 heterocycles. The van der Waals surface area contributed by atoms with Crippen LogP contribution < -0.4 is 10.1 Å². The molecule has 0 aliphatic carbocycles. The number of carboxylic acid groups (broad SMARTS) is 1. The molecule has 2 N–H and O–H groups in total. The fraction of sp³-hybridized carbons (Fsp3) is 0.316. The lowest BCUT2D eigenvalue weighted by atomic mass is 9.94. The molecule has 1 unspecified atom stereocenters. The van der Waals surface area contributed by atoms with Gasteiger partial charge in [-0.1, -0.05) is 50.2 Å². The minimum Gasteiger partial charge on any atom is -0.493 e. The van der Waals surface area contributed by atoms with Crippen LogP contribution in [0.4, 0.5) is 4.79 Å². The molecule has 1 atom stereocenters. The van der Waals surface area contributed by atoms with E-state index in [0.29, 0.717) is 18.9 Å². The lowest BCUT2D eigenvalue weighted by Crippen LogP contribution is -2.30. The van der Waals surface area contributed by atoms with Gasteiger partial charge < -0.3 is 15.2 Å². The van der Waals surface area contributed by atoms with Crippen LogP contribution in [-0.4, -0.2) is 17.8 Å². The highest BCUT2D eigenvalue weighted by molar-refractivity contribution is 5.69. The van der Waals surface area contributed by atoms with Crippen molar-refractivity contribution in [1.82, 2.24) is 5.32 Å². The van der Waals surface area contributed by atoms with E-state index < -0.39 is 6.09 Å². The highest BCUT2D eigenvalue weighted by atomic mass is 16.5. The first kappa shape index (κ1) is 15.4. The van der Waals surface area contributed by atoms with Crippen LogP contribution in [0.3, 0.4) is 0 Å². The lowest BCUT2D eigenvalue weighted by Gasteiger charge is -2.26. The number of fused-ring (bicyclic) bond motifs is 1. The normalized spacial score (nSPS) is 16.6. The van der Waals surface area contributed by atoms with Crippen molar-refractivity contribution in [3.05, 3.63) is 53.6 Å². The van der Waals surface area contributed by atoms with E-state index in [1.165, 1.54) is 5.56 Å². The predicted molar refractivity (Wildman–Crippen MR) is 90.0 cm³/mol. The Labute approximate surface area is 136 Å². The van der Waals surface area contributed by atoms with Crippen LogP contribution in [0, 0.1) is 0 Å². The highest BCUT2D eigenvalue weighted by Gasteiger charge is 2.23. The average molecular weight is 311 g/mol. The predicted octanol–water partition coefficient (Wildman–Crippen LogP) is 4.57. The van der Waals surface area contributed by atoms with Crippen molar-refractivity contribution in [2.24, 2.45) is 0 Å². The molecule has 2 aromatic carbocycles. The SMILES string of the molecule is CC(C)c1cccc(-c2ccc3c(c2)OCCC3NC(=O)O)c1. The maximum Gasteiger partial charge on any atom is 0.405 e. The molecule has 0 bridgehead atoms. The summed E-state index contributed by atoms with van der Waals surface area (Å²) in [4.78, 5) is 10.9. The number of rotatable bonds is 3. The Morgan fingerprint density at radius 3 is 2.74 bits per heavy atom. The van der Waals surface area contributed by atoms with E-state index in [9.17, 15) is 4.79 Å². The van der Waals surface area contributed by atoms with Gasteiger partial charge in [0.2, 0.25) is 0 Å². The van der Waals surface area contributed by atoms with Crippen molar-refractivity contribution in [1.29, 1.82) is 0 Å². The molecule has 4 nitrogen and oxygen atoms in total. The van der Waals surface area contributed by atoms with Crippen LogP contribution in [0.2, 0.25) is 0 Å². The number of benzene rings is 2. The Morgan fingerprint density at radius 1 is 1.22 bits per heavy atom. The van der Waals surface area contributed by atoms with Gasteiger partial charge in [0.25, 0.3) is 0 Å². The molecular formula is C19H21NO3. The van der Waals surface area contributed by atoms with Crippen molar-refractivity contribution >= 4 is 6.09 Å². The van der Waals surface area contributed by atoms with Crippen LogP contribution in [0.15, 0.2) is 42.5 Å². The minimum absolute atomic E-state index is 0.202. The maximum atomic E-state index is 10.9. The van der Waals surface area contributed by atoms with Crippen LogP contribution in [0.5, 0.6) is 5.75 Å². The molecule has 1 aliphatic rings. The summed E-state index contributed by atoms with van der Waals surface area (Å²) in [5.74, 6) is 1.25. The van der Waals surface area contributed by atoms with Crippen molar-refractivity contribution < 1.29 is 14.6 Å². The van der Waals surface area contributed by atoms with Gasteiger partial charge in [-0.2, -0.15) is 0 Å². The monoisotopic (exact) mass is 311 g/mol. The lowest BCUT2D eigenvalue weighted by molar-refractivity contribution is 0.182. The zero-order valence-electron chi connectivity index (χ0n) is 13.4. The first-order chi connectivity index (χ1) is 11.0. The van der Waals surface area contributed by atoms with E-state index in [4.69, 9.17) is 9.84 Å². The summed E-state index contributed by atoms with van der Waals surface area (Å²) in [5.41, 5.74) is 4.44. The third-order valence-electron chi connectivity index (χ3n) is 4.24. The maximum absolute atomic E-state index is 10.9. The molecule has 1 amide bonds. The largest absolute Gasteiger partial charge is 0.493 e. The van der Waals surface area contributed by atoms with Crippen molar-refractivity contribution in [2.45, 2.75) is 32.2 Å². The first-order valence-electron chi connectivity index (χ1n) is 7.91. The molecule has 4 heteroatoms. The molecular weight excluding hydrogens is 290 g/mol. The van der Waals surface area contributed by atoms with Crippen molar-refractivity contribution in [3.63, 3.8) is 0 Å². The Bertz CT molecular complexity index is 724. The molecule has 0 aromatic heterocycles. The first-order valence-corrected chi connectivity index (χ1v) is 7.91. The molecule has 120 valence electrons. The van der Waals surface area contributed by atoms with Crippen LogP contribution >= 0.6 is 0 Å². The molecule has 0 saturated carbocycles. The number of hydrogen-bond acceptors (Lipinski definition) is 2. The third kappa shape index (κ3) is 3.31. The van der Waals surface area contributed by atoms with E-state index >= 15 is 0 Å². The summed E-state index contributed by atoms with van der Waals surface area (Å²) in [6.07, 6.45) is -0.349. The van der Waals surface area contributed by atoms with E-state index in [2.05, 4.69) is 43.4 Å². The number of hydrogen-bond donors (Lipinski definition) is 2. The van der Waals surface area contributed by atoms with E-state index in [1.807, 2.05) is 18.2 Å². The fourth-order valence-corrected chi connectivity index (χ4v) is 2.95. The molecule has 0 saturated heterocycles. The Hall–Kier alpha value is -2.49. The third-order valence-corrected chi connectivity index (χ3v) is 4.24. The molecule has 3 rings (SSSR count). The summed E-state index contributed by atoms with van der Waals surface area (Å²) in [7, 11) is 0. The number of amides is 1. The summed E-state index contributed by atoms with van der Waals surface area (Å²) in [5, 5.41) is 11.5. The van der Waals surface area contributed by atoms with Gasteiger partial charge in [0.05, 0.1) is 12.6 Å². The van der Waals surface area contributed by atoms with Gasteiger partial charge in [-0.15, -0.1) is 0 Å². The van der Waals surface area contributed by atoms with Gasteiger partial charge >= 0.3 is 6.09 Å². The smallest absolute Gasteiger partial charge is 0.405 e. The number of carbonyl (C=O) groups is 1. The summed E-state index contributed by atoms with van der Waals surface area (Å²) in [6.45, 7) is 4.88. The standard InChI is InChI=1S/C19H21NO3/c1-12(2)13-4-3-5-14(10-13)15-6-7-16-17(20-19(21)22)8-9-23-18(16)11-15/h3-7,10-12,17,20H,8-9H2,1-2H3,(H,21,22). The van der Waals surface area contributed by atoms with Crippen LogP contribution in [-0.2, 0) is 0 Å². The Balaban J connectivity index is 1.94.